The molecule has 6 heteroatoms. The molecule has 1 saturated heterocycles. The number of piperidine rings is 1. The fourth-order valence-corrected chi connectivity index (χ4v) is 5.51. The molecule has 1 aliphatic carbocycles. The minimum Gasteiger partial charge on any atom is -0.497 e. The molecule has 2 unspecified atom stereocenters. The third-order valence-electron chi connectivity index (χ3n) is 8.08. The standard InChI is InChI=1S/C32H40N4O2/c1-38-27-14-12-25(13-15-27)28-21-31(28)34-22-24-16-19-36(20-17-24)18-4-5-23-8-10-26(11-9-23)32(37)35-30-7-3-2-6-29(30)33/h2-3,6-15,24,28,31,34H,4-5,16-22,33H2,1H3,(H,35,37). The van der Waals surface area contributed by atoms with E-state index < -0.39 is 0 Å². The number of nitrogens with zero attached hydrogens (tertiary/aromatic N) is 1. The number of hydrogen-bond donors (Lipinski definition) is 3. The number of nitrogens with one attached hydrogen (secondary N) is 2. The van der Waals surface area contributed by atoms with Gasteiger partial charge in [-0.15, -0.1) is 0 Å². The maximum atomic E-state index is 12.5. The smallest absolute Gasteiger partial charge is 0.255 e. The fourth-order valence-electron chi connectivity index (χ4n) is 5.51. The summed E-state index contributed by atoms with van der Waals surface area (Å²) in [6.07, 6.45) is 5.98. The highest BCUT2D eigenvalue weighted by Gasteiger charge is 2.38. The number of hydrogen-bond acceptors (Lipinski definition) is 5. The zero-order valence-electron chi connectivity index (χ0n) is 22.4. The van der Waals surface area contributed by atoms with Gasteiger partial charge in [0.05, 0.1) is 18.5 Å². The molecular formula is C32H40N4O2. The van der Waals surface area contributed by atoms with Gasteiger partial charge in [-0.2, -0.15) is 0 Å². The average molecular weight is 513 g/mol. The van der Waals surface area contributed by atoms with E-state index >= 15 is 0 Å². The number of para-hydroxylation sites is 2. The van der Waals surface area contributed by atoms with Crippen LogP contribution < -0.4 is 21.1 Å². The molecule has 2 atom stereocenters. The Kier molecular flexibility index (Phi) is 8.61. The van der Waals surface area contributed by atoms with Crippen molar-refractivity contribution in [3.05, 3.63) is 89.5 Å². The first-order valence-electron chi connectivity index (χ1n) is 13.9. The Balaban J connectivity index is 0.963. The Morgan fingerprint density at radius 2 is 1.74 bits per heavy atom. The van der Waals surface area contributed by atoms with Gasteiger partial charge in [-0.05, 0) is 112 Å². The summed E-state index contributed by atoms with van der Waals surface area (Å²) in [6.45, 7) is 4.67. The van der Waals surface area contributed by atoms with E-state index in [1.165, 1.54) is 43.5 Å². The molecule has 3 aromatic rings. The van der Waals surface area contributed by atoms with Crippen LogP contribution in [0.2, 0.25) is 0 Å². The van der Waals surface area contributed by atoms with Crippen molar-refractivity contribution in [1.82, 2.24) is 10.2 Å². The van der Waals surface area contributed by atoms with Crippen molar-refractivity contribution in [2.24, 2.45) is 5.92 Å². The van der Waals surface area contributed by atoms with E-state index in [0.29, 0.717) is 28.9 Å². The first-order valence-corrected chi connectivity index (χ1v) is 13.9. The number of ether oxygens (including phenoxy) is 1. The van der Waals surface area contributed by atoms with E-state index in [4.69, 9.17) is 10.5 Å². The molecule has 3 aromatic carbocycles. The quantitative estimate of drug-likeness (QED) is 0.303. The minimum absolute atomic E-state index is 0.134. The summed E-state index contributed by atoms with van der Waals surface area (Å²) in [7, 11) is 1.72. The van der Waals surface area contributed by atoms with Gasteiger partial charge in [-0.1, -0.05) is 36.4 Å². The number of amides is 1. The number of methoxy groups -OCH3 is 1. The van der Waals surface area contributed by atoms with E-state index in [-0.39, 0.29) is 5.91 Å². The molecule has 0 aromatic heterocycles. The highest BCUT2D eigenvalue weighted by molar-refractivity contribution is 6.05. The van der Waals surface area contributed by atoms with Crippen molar-refractivity contribution >= 4 is 17.3 Å². The predicted molar refractivity (Wildman–Crippen MR) is 155 cm³/mol. The maximum absolute atomic E-state index is 12.5. The molecule has 5 rings (SSSR count). The van der Waals surface area contributed by atoms with Crippen molar-refractivity contribution in [2.75, 3.05) is 44.3 Å². The summed E-state index contributed by atoms with van der Waals surface area (Å²) < 4.78 is 5.27. The summed E-state index contributed by atoms with van der Waals surface area (Å²) >= 11 is 0. The molecule has 1 heterocycles. The Labute approximate surface area is 226 Å². The summed E-state index contributed by atoms with van der Waals surface area (Å²) in [4.78, 5) is 15.1. The van der Waals surface area contributed by atoms with Gasteiger partial charge in [0.1, 0.15) is 5.75 Å². The number of nitrogens with two attached hydrogens (primary N) is 1. The van der Waals surface area contributed by atoms with Crippen LogP contribution in [0.1, 0.15) is 53.1 Å². The summed E-state index contributed by atoms with van der Waals surface area (Å²) in [5.41, 5.74) is 10.5. The van der Waals surface area contributed by atoms with Crippen LogP contribution >= 0.6 is 0 Å². The van der Waals surface area contributed by atoms with Crippen LogP contribution in [-0.4, -0.2) is 50.1 Å². The Morgan fingerprint density at radius 1 is 1.00 bits per heavy atom. The van der Waals surface area contributed by atoms with Crippen LogP contribution in [0, 0.1) is 5.92 Å². The normalized spacial score (nSPS) is 19.7. The lowest BCUT2D eigenvalue weighted by molar-refractivity contribution is 0.102. The molecule has 0 bridgehead atoms. The number of rotatable bonds is 11. The van der Waals surface area contributed by atoms with Crippen LogP contribution in [0.5, 0.6) is 5.75 Å². The number of anilines is 2. The largest absolute Gasteiger partial charge is 0.497 e. The van der Waals surface area contributed by atoms with Gasteiger partial charge in [0.2, 0.25) is 0 Å². The first-order chi connectivity index (χ1) is 18.6. The van der Waals surface area contributed by atoms with Gasteiger partial charge in [-0.25, -0.2) is 0 Å². The fraction of sp³-hybridized carbons (Fsp3) is 0.406. The van der Waals surface area contributed by atoms with Crippen LogP contribution in [0.3, 0.4) is 0 Å². The second kappa shape index (κ2) is 12.5. The monoisotopic (exact) mass is 512 g/mol. The molecule has 2 fully saturated rings. The van der Waals surface area contributed by atoms with Gasteiger partial charge >= 0.3 is 0 Å². The zero-order valence-corrected chi connectivity index (χ0v) is 22.4. The minimum atomic E-state index is -0.134. The second-order valence-electron chi connectivity index (χ2n) is 10.8. The average Bonchev–Trinajstić information content (AvgIpc) is 3.74. The number of aryl methyl sites for hydroxylation is 1. The van der Waals surface area contributed by atoms with Crippen molar-refractivity contribution in [2.45, 2.75) is 44.1 Å². The Hall–Kier alpha value is -3.35. The van der Waals surface area contributed by atoms with Crippen LogP contribution in [-0.2, 0) is 6.42 Å². The predicted octanol–water partition coefficient (Wildman–Crippen LogP) is 5.32. The molecule has 6 nitrogen and oxygen atoms in total. The highest BCUT2D eigenvalue weighted by atomic mass is 16.5. The van der Waals surface area contributed by atoms with Gasteiger partial charge in [0.15, 0.2) is 0 Å². The Bertz CT molecular complexity index is 1190. The molecule has 1 amide bonds. The first kappa shape index (κ1) is 26.3. The number of carbonyl (C=O) groups excluding carboxylic acids is 1. The van der Waals surface area contributed by atoms with E-state index in [1.807, 2.05) is 30.3 Å². The van der Waals surface area contributed by atoms with Gasteiger partial charge in [0, 0.05) is 17.5 Å². The number of carbonyl (C=O) groups is 1. The maximum Gasteiger partial charge on any atom is 0.255 e. The lowest BCUT2D eigenvalue weighted by Gasteiger charge is -2.32. The highest BCUT2D eigenvalue weighted by Crippen LogP contribution is 2.41. The molecule has 38 heavy (non-hydrogen) atoms. The molecule has 4 N–H and O–H groups in total. The van der Waals surface area contributed by atoms with E-state index in [2.05, 4.69) is 51.9 Å². The molecule has 2 aliphatic rings. The molecule has 1 saturated carbocycles. The third-order valence-corrected chi connectivity index (χ3v) is 8.08. The van der Waals surface area contributed by atoms with Crippen LogP contribution in [0.4, 0.5) is 11.4 Å². The van der Waals surface area contributed by atoms with E-state index in [9.17, 15) is 4.79 Å². The van der Waals surface area contributed by atoms with Crippen molar-refractivity contribution in [3.63, 3.8) is 0 Å². The molecule has 200 valence electrons. The van der Waals surface area contributed by atoms with Gasteiger partial charge in [-0.3, -0.25) is 4.79 Å². The van der Waals surface area contributed by atoms with Gasteiger partial charge < -0.3 is 26.0 Å². The molecule has 1 aliphatic heterocycles. The molecule has 0 spiro atoms. The number of likely N-dealkylation sites (tertiary alicyclic amines) is 1. The van der Waals surface area contributed by atoms with Crippen LogP contribution in [0.15, 0.2) is 72.8 Å². The Morgan fingerprint density at radius 3 is 2.45 bits per heavy atom. The van der Waals surface area contributed by atoms with Crippen molar-refractivity contribution < 1.29 is 9.53 Å². The SMILES string of the molecule is COc1ccc(C2CC2NCC2CCN(CCCc3ccc(C(=O)Nc4ccccc4N)cc3)CC2)cc1. The second-order valence-corrected chi connectivity index (χ2v) is 10.8. The van der Waals surface area contributed by atoms with Crippen LogP contribution in [0.25, 0.3) is 0 Å². The summed E-state index contributed by atoms with van der Waals surface area (Å²) in [5.74, 6) is 2.24. The summed E-state index contributed by atoms with van der Waals surface area (Å²) in [5, 5.41) is 6.72. The molecule has 0 radical (unpaired) electrons. The number of benzene rings is 3. The van der Waals surface area contributed by atoms with Gasteiger partial charge in [0.25, 0.3) is 5.91 Å². The topological polar surface area (TPSA) is 79.6 Å². The summed E-state index contributed by atoms with van der Waals surface area (Å²) in [6, 6.07) is 24.4. The lowest BCUT2D eigenvalue weighted by atomic mass is 9.96. The van der Waals surface area contributed by atoms with E-state index in [1.54, 1.807) is 13.2 Å². The zero-order chi connectivity index (χ0) is 26.3. The van der Waals surface area contributed by atoms with Crippen molar-refractivity contribution in [1.29, 1.82) is 0 Å². The lowest BCUT2D eigenvalue weighted by Crippen LogP contribution is -2.38. The molecular weight excluding hydrogens is 472 g/mol. The van der Waals surface area contributed by atoms with E-state index in [0.717, 1.165) is 37.6 Å². The third kappa shape index (κ3) is 6.94. The van der Waals surface area contributed by atoms with Crippen molar-refractivity contribution in [3.8, 4) is 5.75 Å². The number of nitrogen functional groups attached to an aromatic ring is 1.